The summed E-state index contributed by atoms with van der Waals surface area (Å²) in [5.74, 6) is 1.17. The maximum absolute atomic E-state index is 12.9. The first-order chi connectivity index (χ1) is 16.7. The van der Waals surface area contributed by atoms with Gasteiger partial charge in [-0.15, -0.1) is 0 Å². The fourth-order valence-corrected chi connectivity index (χ4v) is 5.61. The van der Waals surface area contributed by atoms with E-state index in [1.807, 2.05) is 6.08 Å². The Labute approximate surface area is 207 Å². The predicted octanol–water partition coefficient (Wildman–Crippen LogP) is 8.98. The molecule has 3 heteroatoms. The fraction of sp³-hybridized carbons (Fsp3) is 0.645. The first-order valence-corrected chi connectivity index (χ1v) is 13.8. The zero-order valence-electron chi connectivity index (χ0n) is 21.2. The molecule has 3 rings (SSSR count). The van der Waals surface area contributed by atoms with Crippen LogP contribution >= 0.6 is 0 Å². The van der Waals surface area contributed by atoms with E-state index >= 15 is 0 Å². The Hall–Kier alpha value is -1.92. The van der Waals surface area contributed by atoms with Crippen molar-refractivity contribution in [1.82, 2.24) is 0 Å². The van der Waals surface area contributed by atoms with Gasteiger partial charge in [0.1, 0.15) is 6.07 Å². The smallest absolute Gasteiger partial charge is 0.199 e. The topological polar surface area (TPSA) is 33.0 Å². The summed E-state index contributed by atoms with van der Waals surface area (Å²) in [5, 5.41) is 8.46. The Morgan fingerprint density at radius 3 is 2.35 bits per heavy atom. The van der Waals surface area contributed by atoms with Crippen LogP contribution in [0.5, 0.6) is 0 Å². The maximum atomic E-state index is 12.9. The number of hydrogen-bond acceptors (Lipinski definition) is 2. The molecular weight excluding hydrogens is 421 g/mol. The van der Waals surface area contributed by atoms with Gasteiger partial charge in [-0.2, -0.15) is 9.65 Å². The largest absolute Gasteiger partial charge is 0.378 e. The van der Waals surface area contributed by atoms with E-state index in [1.54, 1.807) is 6.08 Å². The van der Waals surface area contributed by atoms with Crippen LogP contribution in [0.1, 0.15) is 107 Å². The molecule has 0 spiro atoms. The number of benzene rings is 1. The molecule has 0 heterocycles. The van der Waals surface area contributed by atoms with Crippen LogP contribution in [0.25, 0.3) is 0 Å². The fourth-order valence-electron chi connectivity index (χ4n) is 5.61. The van der Waals surface area contributed by atoms with Gasteiger partial charge in [-0.3, -0.25) is 0 Å². The molecule has 2 fully saturated rings. The Morgan fingerprint density at radius 1 is 0.971 bits per heavy atom. The number of rotatable bonds is 12. The van der Waals surface area contributed by atoms with Crippen LogP contribution < -0.4 is 0 Å². The van der Waals surface area contributed by atoms with Crippen molar-refractivity contribution in [2.45, 2.75) is 109 Å². The van der Waals surface area contributed by atoms with E-state index < -0.39 is 5.83 Å². The average molecular weight is 466 g/mol. The van der Waals surface area contributed by atoms with Crippen molar-refractivity contribution in [3.8, 4) is 6.07 Å². The number of unbranched alkanes of at least 4 members (excludes halogenated alkanes) is 4. The highest BCUT2D eigenvalue weighted by molar-refractivity contribution is 5.26. The van der Waals surface area contributed by atoms with E-state index in [1.165, 1.54) is 87.5 Å². The monoisotopic (exact) mass is 465 g/mol. The van der Waals surface area contributed by atoms with Crippen LogP contribution in [-0.2, 0) is 11.2 Å². The average Bonchev–Trinajstić information content (AvgIpc) is 2.88. The minimum absolute atomic E-state index is 0.378. The molecule has 2 nitrogen and oxygen atoms in total. The van der Waals surface area contributed by atoms with Gasteiger partial charge in [0.25, 0.3) is 0 Å². The third-order valence-electron chi connectivity index (χ3n) is 7.89. The Kier molecular flexibility index (Phi) is 11.9. The minimum Gasteiger partial charge on any atom is -0.378 e. The predicted molar refractivity (Wildman–Crippen MR) is 139 cm³/mol. The second kappa shape index (κ2) is 15.2. The van der Waals surface area contributed by atoms with E-state index in [0.717, 1.165) is 38.2 Å². The molecule has 0 atom stereocenters. The molecule has 2 aliphatic rings. The molecule has 2 saturated carbocycles. The highest BCUT2D eigenvalue weighted by Gasteiger charge is 2.25. The van der Waals surface area contributed by atoms with Crippen molar-refractivity contribution in [2.75, 3.05) is 6.61 Å². The van der Waals surface area contributed by atoms with Crippen LogP contribution in [0.4, 0.5) is 4.39 Å². The van der Waals surface area contributed by atoms with E-state index in [9.17, 15) is 4.39 Å². The summed E-state index contributed by atoms with van der Waals surface area (Å²) in [6, 6.07) is 11.0. The Balaban J connectivity index is 1.29. The number of nitriles is 1. The molecule has 0 saturated heterocycles. The molecule has 0 N–H and O–H groups in total. The second-order valence-electron chi connectivity index (χ2n) is 10.5. The van der Waals surface area contributed by atoms with Crippen molar-refractivity contribution in [1.29, 1.82) is 5.26 Å². The number of hydrogen-bond donors (Lipinski definition) is 0. The van der Waals surface area contributed by atoms with Crippen LogP contribution in [0.15, 0.2) is 48.3 Å². The van der Waals surface area contributed by atoms with Gasteiger partial charge in [0.15, 0.2) is 5.83 Å². The third-order valence-corrected chi connectivity index (χ3v) is 7.89. The standard InChI is InChI=1S/C31H44FNO/c1-2-3-4-5-6-8-25-11-17-28(18-12-25)29-19-13-27(14-20-29)24-34-31-21-15-26(16-22-31)9-7-10-30(32)23-33/h7,9-12,17-18,26-27,29,31H,2-6,8,13-16,19-22,24H2,1H3/b9-7+,30-10-/t26-,27-,29-,31-. The molecule has 0 bridgehead atoms. The molecular formula is C31H44FNO. The zero-order valence-corrected chi connectivity index (χ0v) is 21.2. The van der Waals surface area contributed by atoms with Gasteiger partial charge < -0.3 is 4.74 Å². The van der Waals surface area contributed by atoms with E-state index in [-0.39, 0.29) is 0 Å². The lowest BCUT2D eigenvalue weighted by Crippen LogP contribution is -2.25. The van der Waals surface area contributed by atoms with Crippen LogP contribution in [-0.4, -0.2) is 12.7 Å². The number of allylic oxidation sites excluding steroid dienone is 4. The lowest BCUT2D eigenvalue weighted by molar-refractivity contribution is -0.00456. The molecule has 0 amide bonds. The van der Waals surface area contributed by atoms with Crippen LogP contribution in [0, 0.1) is 23.2 Å². The molecule has 1 aromatic carbocycles. The van der Waals surface area contributed by atoms with Gasteiger partial charge in [-0.1, -0.05) is 69.0 Å². The summed E-state index contributed by atoms with van der Waals surface area (Å²) in [7, 11) is 0. The molecule has 0 unspecified atom stereocenters. The highest BCUT2D eigenvalue weighted by atomic mass is 19.1. The lowest BCUT2D eigenvalue weighted by Gasteiger charge is -2.32. The van der Waals surface area contributed by atoms with Gasteiger partial charge in [0.05, 0.1) is 6.10 Å². The molecule has 186 valence electrons. The summed E-state index contributed by atoms with van der Waals surface area (Å²) in [5.41, 5.74) is 3.03. The molecule has 34 heavy (non-hydrogen) atoms. The van der Waals surface area contributed by atoms with Crippen molar-refractivity contribution < 1.29 is 9.13 Å². The molecule has 0 aromatic heterocycles. The van der Waals surface area contributed by atoms with Gasteiger partial charge in [0, 0.05) is 6.61 Å². The van der Waals surface area contributed by atoms with Crippen molar-refractivity contribution in [3.05, 3.63) is 59.4 Å². The third kappa shape index (κ3) is 9.38. The highest BCUT2D eigenvalue weighted by Crippen LogP contribution is 2.37. The second-order valence-corrected chi connectivity index (χ2v) is 10.5. The van der Waals surface area contributed by atoms with E-state index in [0.29, 0.717) is 17.9 Å². The Morgan fingerprint density at radius 2 is 1.68 bits per heavy atom. The molecule has 2 aliphatic carbocycles. The lowest BCUT2D eigenvalue weighted by atomic mass is 9.78. The normalized spacial score (nSPS) is 26.0. The van der Waals surface area contributed by atoms with E-state index in [2.05, 4.69) is 31.2 Å². The van der Waals surface area contributed by atoms with Gasteiger partial charge in [-0.05, 0) is 99.2 Å². The van der Waals surface area contributed by atoms with Crippen molar-refractivity contribution in [2.24, 2.45) is 11.8 Å². The molecule has 0 aliphatic heterocycles. The first-order valence-electron chi connectivity index (χ1n) is 13.8. The molecule has 0 radical (unpaired) electrons. The quantitative estimate of drug-likeness (QED) is 0.175. The number of nitrogens with zero attached hydrogens (tertiary/aromatic N) is 1. The van der Waals surface area contributed by atoms with Gasteiger partial charge in [-0.25, -0.2) is 0 Å². The summed E-state index contributed by atoms with van der Waals surface area (Å²) >= 11 is 0. The van der Waals surface area contributed by atoms with Crippen molar-refractivity contribution in [3.63, 3.8) is 0 Å². The maximum Gasteiger partial charge on any atom is 0.199 e. The summed E-state index contributed by atoms with van der Waals surface area (Å²) in [4.78, 5) is 0. The van der Waals surface area contributed by atoms with Gasteiger partial charge in [0.2, 0.25) is 0 Å². The van der Waals surface area contributed by atoms with Crippen LogP contribution in [0.2, 0.25) is 0 Å². The van der Waals surface area contributed by atoms with E-state index in [4.69, 9.17) is 10.00 Å². The minimum atomic E-state index is -0.729. The van der Waals surface area contributed by atoms with Crippen molar-refractivity contribution >= 4 is 0 Å². The molecule has 1 aromatic rings. The summed E-state index contributed by atoms with van der Waals surface area (Å²) < 4.78 is 19.2. The van der Waals surface area contributed by atoms with Gasteiger partial charge >= 0.3 is 0 Å². The van der Waals surface area contributed by atoms with Crippen LogP contribution in [0.3, 0.4) is 0 Å². The number of aryl methyl sites for hydroxylation is 1. The SMILES string of the molecule is CCCCCCCc1ccc([C@H]2CC[C@H](CO[C@H]3CC[C@H](/C=C/C=C(\F)C#N)CC3)CC2)cc1. The summed E-state index contributed by atoms with van der Waals surface area (Å²) in [6.07, 6.45) is 22.8. The first kappa shape index (κ1) is 26.7. The zero-order chi connectivity index (χ0) is 24.0. The Bertz CT molecular complexity index is 790. The number of ether oxygens (including phenoxy) is 1. The summed E-state index contributed by atoms with van der Waals surface area (Å²) in [6.45, 7) is 3.18. The number of halogens is 1.